The number of aryl methyl sites for hydroxylation is 1. The molecule has 20 heavy (non-hydrogen) atoms. The highest BCUT2D eigenvalue weighted by Gasteiger charge is 2.38. The number of hydrogen-bond donors (Lipinski definition) is 2. The Morgan fingerprint density at radius 2 is 2.05 bits per heavy atom. The molecule has 0 heterocycles. The Balaban J connectivity index is 2.47. The lowest BCUT2D eigenvalue weighted by atomic mass is 10.1. The number of aromatic carboxylic acids is 1. The van der Waals surface area contributed by atoms with Gasteiger partial charge in [-0.3, -0.25) is 0 Å². The first-order valence-electron chi connectivity index (χ1n) is 6.34. The molecule has 0 aromatic heterocycles. The number of benzene rings is 1. The fourth-order valence-corrected chi connectivity index (χ4v) is 4.03. The van der Waals surface area contributed by atoms with Gasteiger partial charge in [-0.05, 0) is 37.5 Å². The highest BCUT2D eigenvalue weighted by atomic mass is 32.2. The summed E-state index contributed by atoms with van der Waals surface area (Å²) in [5, 5.41) is 18.0. The molecule has 2 rings (SSSR count). The molecule has 1 aromatic rings. The maximum absolute atomic E-state index is 12.6. The minimum atomic E-state index is -3.78. The van der Waals surface area contributed by atoms with Crippen LogP contribution in [0.3, 0.4) is 0 Å². The zero-order valence-electron chi connectivity index (χ0n) is 11.1. The average Bonchev–Trinajstić information content (AvgIpc) is 3.19. The second-order valence-corrected chi connectivity index (χ2v) is 6.71. The fraction of sp³-hybridized carbons (Fsp3) is 0.462. The lowest BCUT2D eigenvalue weighted by Crippen LogP contribution is -2.36. The minimum absolute atomic E-state index is 0.00208. The molecule has 0 radical (unpaired) electrons. The van der Waals surface area contributed by atoms with Crippen molar-refractivity contribution in [3.8, 4) is 0 Å². The second-order valence-electron chi connectivity index (χ2n) is 4.86. The van der Waals surface area contributed by atoms with Crippen molar-refractivity contribution in [3.05, 3.63) is 29.3 Å². The van der Waals surface area contributed by atoms with Gasteiger partial charge in [0.1, 0.15) is 0 Å². The molecule has 0 bridgehead atoms. The molecule has 7 heteroatoms. The summed E-state index contributed by atoms with van der Waals surface area (Å²) in [5.74, 6) is -1.17. The van der Waals surface area contributed by atoms with Crippen LogP contribution in [0.4, 0.5) is 0 Å². The van der Waals surface area contributed by atoms with Crippen LogP contribution in [0.2, 0.25) is 0 Å². The monoisotopic (exact) mass is 299 g/mol. The highest BCUT2D eigenvalue weighted by molar-refractivity contribution is 7.89. The summed E-state index contributed by atoms with van der Waals surface area (Å²) in [6.07, 6.45) is 1.55. The number of hydrogen-bond acceptors (Lipinski definition) is 4. The molecule has 0 aliphatic heterocycles. The summed E-state index contributed by atoms with van der Waals surface area (Å²) in [7, 11) is -3.78. The van der Waals surface area contributed by atoms with Crippen molar-refractivity contribution in [2.45, 2.75) is 30.7 Å². The van der Waals surface area contributed by atoms with E-state index < -0.39 is 16.0 Å². The van der Waals surface area contributed by atoms with Gasteiger partial charge < -0.3 is 10.2 Å². The molecule has 110 valence electrons. The molecular weight excluding hydrogens is 282 g/mol. The van der Waals surface area contributed by atoms with E-state index in [4.69, 9.17) is 10.2 Å². The third kappa shape index (κ3) is 2.84. The van der Waals surface area contributed by atoms with Crippen LogP contribution in [0.25, 0.3) is 0 Å². The van der Waals surface area contributed by atoms with E-state index >= 15 is 0 Å². The molecule has 1 fully saturated rings. The van der Waals surface area contributed by atoms with E-state index in [1.54, 1.807) is 6.92 Å². The summed E-state index contributed by atoms with van der Waals surface area (Å²) in [4.78, 5) is 11.0. The Hall–Kier alpha value is -1.44. The van der Waals surface area contributed by atoms with Gasteiger partial charge >= 0.3 is 5.97 Å². The normalized spacial score (nSPS) is 15.6. The molecule has 1 aromatic carbocycles. The average molecular weight is 299 g/mol. The lowest BCUT2D eigenvalue weighted by Gasteiger charge is -2.22. The van der Waals surface area contributed by atoms with Gasteiger partial charge in [-0.2, -0.15) is 4.31 Å². The van der Waals surface area contributed by atoms with Gasteiger partial charge in [-0.25, -0.2) is 13.2 Å². The smallest absolute Gasteiger partial charge is 0.335 e. The number of carboxylic acid groups (broad SMARTS) is 1. The fourth-order valence-electron chi connectivity index (χ4n) is 2.10. The largest absolute Gasteiger partial charge is 0.478 e. The van der Waals surface area contributed by atoms with E-state index in [0.29, 0.717) is 5.56 Å². The summed E-state index contributed by atoms with van der Waals surface area (Å²) in [6, 6.07) is 3.96. The summed E-state index contributed by atoms with van der Waals surface area (Å²) < 4.78 is 26.5. The Morgan fingerprint density at radius 1 is 1.40 bits per heavy atom. The number of sulfonamides is 1. The maximum Gasteiger partial charge on any atom is 0.335 e. The number of carbonyl (C=O) groups is 1. The molecule has 1 aliphatic rings. The van der Waals surface area contributed by atoms with E-state index in [-0.39, 0.29) is 29.7 Å². The highest BCUT2D eigenvalue weighted by Crippen LogP contribution is 2.32. The molecule has 0 spiro atoms. The third-order valence-corrected chi connectivity index (χ3v) is 5.39. The number of nitrogens with zero attached hydrogens (tertiary/aromatic N) is 1. The van der Waals surface area contributed by atoms with Crippen molar-refractivity contribution in [1.29, 1.82) is 0 Å². The zero-order chi connectivity index (χ0) is 14.9. The predicted octanol–water partition coefficient (Wildman–Crippen LogP) is 0.839. The topological polar surface area (TPSA) is 94.9 Å². The van der Waals surface area contributed by atoms with Gasteiger partial charge in [0.05, 0.1) is 17.1 Å². The van der Waals surface area contributed by atoms with E-state index in [2.05, 4.69) is 0 Å². The lowest BCUT2D eigenvalue weighted by molar-refractivity contribution is 0.0696. The first kappa shape index (κ1) is 15.0. The van der Waals surface area contributed by atoms with Gasteiger partial charge in [0.25, 0.3) is 0 Å². The van der Waals surface area contributed by atoms with Crippen molar-refractivity contribution in [2.24, 2.45) is 0 Å². The van der Waals surface area contributed by atoms with E-state index in [0.717, 1.165) is 12.8 Å². The van der Waals surface area contributed by atoms with E-state index in [1.165, 1.54) is 22.5 Å². The van der Waals surface area contributed by atoms with Crippen molar-refractivity contribution < 1.29 is 23.4 Å². The molecule has 0 atom stereocenters. The van der Waals surface area contributed by atoms with Gasteiger partial charge in [-0.15, -0.1) is 0 Å². The van der Waals surface area contributed by atoms with E-state index in [9.17, 15) is 13.2 Å². The van der Waals surface area contributed by atoms with Crippen molar-refractivity contribution in [2.75, 3.05) is 13.2 Å². The predicted molar refractivity (Wildman–Crippen MR) is 72.1 cm³/mol. The third-order valence-electron chi connectivity index (χ3n) is 3.30. The van der Waals surface area contributed by atoms with Crippen LogP contribution in [0.5, 0.6) is 0 Å². The Labute approximate surface area is 117 Å². The summed E-state index contributed by atoms with van der Waals surface area (Å²) in [5.41, 5.74) is 0.438. The molecule has 6 nitrogen and oxygen atoms in total. The minimum Gasteiger partial charge on any atom is -0.478 e. The number of carboxylic acids is 1. The van der Waals surface area contributed by atoms with Gasteiger partial charge in [0.2, 0.25) is 10.0 Å². The van der Waals surface area contributed by atoms with Crippen molar-refractivity contribution >= 4 is 16.0 Å². The van der Waals surface area contributed by atoms with Crippen molar-refractivity contribution in [3.63, 3.8) is 0 Å². The Morgan fingerprint density at radius 3 is 2.55 bits per heavy atom. The molecular formula is C13H17NO5S. The standard InChI is InChI=1S/C13H17NO5S/c1-9-2-3-10(13(16)17)8-12(9)20(18,19)14(6-7-15)11-4-5-11/h2-3,8,11,15H,4-7H2,1H3,(H,16,17). The molecule has 0 saturated heterocycles. The second kappa shape index (κ2) is 5.51. The summed E-state index contributed by atoms with van der Waals surface area (Å²) in [6.45, 7) is 1.40. The maximum atomic E-state index is 12.6. The number of rotatable bonds is 6. The van der Waals surface area contributed by atoms with E-state index in [1.807, 2.05) is 0 Å². The first-order chi connectivity index (χ1) is 9.37. The summed E-state index contributed by atoms with van der Waals surface area (Å²) >= 11 is 0. The number of aliphatic hydroxyl groups excluding tert-OH is 1. The Bertz CT molecular complexity index is 622. The zero-order valence-corrected chi connectivity index (χ0v) is 11.9. The molecule has 0 unspecified atom stereocenters. The van der Waals surface area contributed by atoms with Crippen LogP contribution in [0.1, 0.15) is 28.8 Å². The molecule has 1 saturated carbocycles. The quantitative estimate of drug-likeness (QED) is 0.811. The molecule has 1 aliphatic carbocycles. The first-order valence-corrected chi connectivity index (χ1v) is 7.78. The van der Waals surface area contributed by atoms with Gasteiger partial charge in [0.15, 0.2) is 0 Å². The van der Waals surface area contributed by atoms with Crippen LogP contribution < -0.4 is 0 Å². The van der Waals surface area contributed by atoms with Gasteiger partial charge in [0, 0.05) is 12.6 Å². The van der Waals surface area contributed by atoms with Crippen LogP contribution >= 0.6 is 0 Å². The molecule has 2 N–H and O–H groups in total. The van der Waals surface area contributed by atoms with Crippen LogP contribution in [0.15, 0.2) is 23.1 Å². The SMILES string of the molecule is Cc1ccc(C(=O)O)cc1S(=O)(=O)N(CCO)C1CC1. The van der Waals surface area contributed by atoms with Crippen molar-refractivity contribution in [1.82, 2.24) is 4.31 Å². The van der Waals surface area contributed by atoms with Crippen LogP contribution in [-0.4, -0.2) is 48.1 Å². The molecule has 0 amide bonds. The Kier molecular flexibility index (Phi) is 4.12. The van der Waals surface area contributed by atoms with Gasteiger partial charge in [-0.1, -0.05) is 6.07 Å². The van der Waals surface area contributed by atoms with Crippen LogP contribution in [0, 0.1) is 6.92 Å². The van der Waals surface area contributed by atoms with Crippen LogP contribution in [-0.2, 0) is 10.0 Å². The number of aliphatic hydroxyl groups is 1.